The Morgan fingerprint density at radius 3 is 2.65 bits per heavy atom. The molecule has 116 valence electrons. The Kier molecular flexibility index (Phi) is 4.16. The number of hydrogen-bond donors (Lipinski definition) is 0. The molecule has 6 heteroatoms. The Balaban J connectivity index is 1.86. The average molecular weight is 327 g/mol. The van der Waals surface area contributed by atoms with E-state index in [4.69, 9.17) is 0 Å². The summed E-state index contributed by atoms with van der Waals surface area (Å²) in [5.74, 6) is -0.602. The highest BCUT2D eigenvalue weighted by molar-refractivity contribution is 7.14. The van der Waals surface area contributed by atoms with Crippen LogP contribution in [0.5, 0.6) is 0 Å². The van der Waals surface area contributed by atoms with Gasteiger partial charge in [0.05, 0.1) is 5.69 Å². The van der Waals surface area contributed by atoms with Crippen LogP contribution >= 0.6 is 11.3 Å². The average Bonchev–Trinajstić information content (AvgIpc) is 3.04. The molecule has 2 heterocycles. The number of thiazole rings is 1. The van der Waals surface area contributed by atoms with E-state index >= 15 is 0 Å². The van der Waals surface area contributed by atoms with Gasteiger partial charge < -0.3 is 0 Å². The number of halogens is 1. The van der Waals surface area contributed by atoms with Crippen molar-refractivity contribution in [3.05, 3.63) is 64.9 Å². The molecule has 0 spiro atoms. The molecule has 0 aliphatic rings. The van der Waals surface area contributed by atoms with E-state index in [-0.39, 0.29) is 11.7 Å². The summed E-state index contributed by atoms with van der Waals surface area (Å²) in [7, 11) is 1.65. The number of carbonyl (C=O) groups is 1. The smallest absolute Gasteiger partial charge is 0.259 e. The Morgan fingerprint density at radius 1 is 1.22 bits per heavy atom. The number of pyridine rings is 1. The van der Waals surface area contributed by atoms with Crippen molar-refractivity contribution >= 4 is 22.4 Å². The largest absolute Gasteiger partial charge is 0.287 e. The lowest BCUT2D eigenvalue weighted by atomic mass is 10.2. The van der Waals surface area contributed by atoms with Crippen LogP contribution in [-0.4, -0.2) is 22.9 Å². The highest BCUT2D eigenvalue weighted by Gasteiger charge is 2.17. The molecule has 0 atom stereocenters. The predicted octanol–water partition coefficient (Wildman–Crippen LogP) is 3.93. The van der Waals surface area contributed by atoms with E-state index in [0.29, 0.717) is 10.7 Å². The zero-order chi connectivity index (χ0) is 16.4. The molecule has 0 radical (unpaired) electrons. The Labute approximate surface area is 137 Å². The molecule has 3 aromatic rings. The lowest BCUT2D eigenvalue weighted by molar-refractivity contribution is 0.0993. The van der Waals surface area contributed by atoms with Crippen LogP contribution in [0.2, 0.25) is 0 Å². The van der Waals surface area contributed by atoms with Crippen LogP contribution in [0, 0.1) is 12.7 Å². The molecule has 0 unspecified atom stereocenters. The number of carbonyl (C=O) groups excluding carboxylic acids is 1. The first kappa shape index (κ1) is 15.3. The highest BCUT2D eigenvalue weighted by Crippen LogP contribution is 2.28. The maximum absolute atomic E-state index is 13.0. The number of benzene rings is 1. The van der Waals surface area contributed by atoms with Crippen molar-refractivity contribution < 1.29 is 9.18 Å². The molecule has 0 aliphatic heterocycles. The molecule has 0 saturated carbocycles. The molecule has 2 aromatic heterocycles. The summed E-state index contributed by atoms with van der Waals surface area (Å²) in [6.45, 7) is 1.97. The van der Waals surface area contributed by atoms with E-state index in [0.717, 1.165) is 17.0 Å². The molecular weight excluding hydrogens is 313 g/mol. The molecule has 0 bridgehead atoms. The fourth-order valence-electron chi connectivity index (χ4n) is 2.15. The Hall–Kier alpha value is -2.60. The third kappa shape index (κ3) is 3.12. The van der Waals surface area contributed by atoms with Gasteiger partial charge in [-0.1, -0.05) is 6.07 Å². The SMILES string of the molecule is Cc1cccnc1-c1csc(N(C)C(=O)c2ccc(F)cc2)n1. The van der Waals surface area contributed by atoms with E-state index < -0.39 is 0 Å². The van der Waals surface area contributed by atoms with Crippen molar-refractivity contribution in [1.82, 2.24) is 9.97 Å². The van der Waals surface area contributed by atoms with Crippen molar-refractivity contribution in [3.8, 4) is 11.4 Å². The summed E-state index contributed by atoms with van der Waals surface area (Å²) < 4.78 is 13.0. The first-order valence-electron chi connectivity index (χ1n) is 6.97. The standard InChI is InChI=1S/C17H14FN3OS/c1-11-4-3-9-19-15(11)14-10-23-17(20-14)21(2)16(22)12-5-7-13(18)8-6-12/h3-10H,1-2H3. The van der Waals surface area contributed by atoms with Gasteiger partial charge in [0.2, 0.25) is 0 Å². The number of hydrogen-bond acceptors (Lipinski definition) is 4. The summed E-state index contributed by atoms with van der Waals surface area (Å²) >= 11 is 1.37. The lowest BCUT2D eigenvalue weighted by Gasteiger charge is -2.13. The van der Waals surface area contributed by atoms with Gasteiger partial charge >= 0.3 is 0 Å². The lowest BCUT2D eigenvalue weighted by Crippen LogP contribution is -2.26. The topological polar surface area (TPSA) is 46.1 Å². The van der Waals surface area contributed by atoms with Crippen molar-refractivity contribution in [3.63, 3.8) is 0 Å². The summed E-state index contributed by atoms with van der Waals surface area (Å²) in [4.78, 5) is 22.7. The molecule has 0 saturated heterocycles. The first-order valence-corrected chi connectivity index (χ1v) is 7.85. The second-order valence-corrected chi connectivity index (χ2v) is 5.89. The molecule has 4 nitrogen and oxygen atoms in total. The number of rotatable bonds is 3. The van der Waals surface area contributed by atoms with Gasteiger partial charge in [-0.25, -0.2) is 9.37 Å². The summed E-state index contributed by atoms with van der Waals surface area (Å²) in [6, 6.07) is 9.30. The summed E-state index contributed by atoms with van der Waals surface area (Å²) in [6.07, 6.45) is 1.72. The van der Waals surface area contributed by atoms with Crippen LogP contribution in [-0.2, 0) is 0 Å². The van der Waals surface area contributed by atoms with Crippen LogP contribution in [0.1, 0.15) is 15.9 Å². The second kappa shape index (κ2) is 6.26. The van der Waals surface area contributed by atoms with E-state index in [1.165, 1.54) is 40.5 Å². The fraction of sp³-hybridized carbons (Fsp3) is 0.118. The minimum atomic E-state index is -0.369. The van der Waals surface area contributed by atoms with Crippen molar-refractivity contribution in [2.24, 2.45) is 0 Å². The molecule has 0 fully saturated rings. The van der Waals surface area contributed by atoms with E-state index in [1.54, 1.807) is 13.2 Å². The third-order valence-corrected chi connectivity index (χ3v) is 4.34. The van der Waals surface area contributed by atoms with Gasteiger partial charge in [-0.05, 0) is 42.8 Å². The maximum Gasteiger partial charge on any atom is 0.259 e. The quantitative estimate of drug-likeness (QED) is 0.732. The van der Waals surface area contributed by atoms with Gasteiger partial charge in [-0.2, -0.15) is 0 Å². The Bertz CT molecular complexity index is 845. The third-order valence-electron chi connectivity index (χ3n) is 3.43. The van der Waals surface area contributed by atoms with Gasteiger partial charge in [-0.3, -0.25) is 14.7 Å². The van der Waals surface area contributed by atoms with E-state index in [1.807, 2.05) is 24.4 Å². The van der Waals surface area contributed by atoms with Crippen LogP contribution in [0.25, 0.3) is 11.4 Å². The van der Waals surface area contributed by atoms with E-state index in [9.17, 15) is 9.18 Å². The van der Waals surface area contributed by atoms with Crippen LogP contribution in [0.3, 0.4) is 0 Å². The van der Waals surface area contributed by atoms with Crippen LogP contribution in [0.4, 0.5) is 9.52 Å². The zero-order valence-electron chi connectivity index (χ0n) is 12.7. The van der Waals surface area contributed by atoms with Crippen LogP contribution in [0.15, 0.2) is 48.0 Å². The summed E-state index contributed by atoms with van der Waals surface area (Å²) in [5, 5.41) is 2.44. The van der Waals surface area contributed by atoms with Gasteiger partial charge in [0.25, 0.3) is 5.91 Å². The van der Waals surface area contributed by atoms with Crippen LogP contribution < -0.4 is 4.90 Å². The van der Waals surface area contributed by atoms with E-state index in [2.05, 4.69) is 9.97 Å². The van der Waals surface area contributed by atoms with Crippen molar-refractivity contribution in [2.45, 2.75) is 6.92 Å². The monoisotopic (exact) mass is 327 g/mol. The molecule has 0 N–H and O–H groups in total. The molecule has 23 heavy (non-hydrogen) atoms. The number of anilines is 1. The molecule has 1 amide bonds. The number of aromatic nitrogens is 2. The summed E-state index contributed by atoms with van der Waals surface area (Å²) in [5.41, 5.74) is 2.98. The van der Waals surface area contributed by atoms with Gasteiger partial charge in [0, 0.05) is 24.2 Å². The first-order chi connectivity index (χ1) is 11.1. The molecule has 1 aromatic carbocycles. The number of nitrogens with zero attached hydrogens (tertiary/aromatic N) is 3. The van der Waals surface area contributed by atoms with Crippen molar-refractivity contribution in [2.75, 3.05) is 11.9 Å². The van der Waals surface area contributed by atoms with Gasteiger partial charge in [-0.15, -0.1) is 11.3 Å². The number of aryl methyl sites for hydroxylation is 1. The second-order valence-electron chi connectivity index (χ2n) is 5.06. The normalized spacial score (nSPS) is 10.6. The van der Waals surface area contributed by atoms with Gasteiger partial charge in [0.15, 0.2) is 5.13 Å². The fourth-order valence-corrected chi connectivity index (χ4v) is 2.93. The molecule has 0 aliphatic carbocycles. The highest BCUT2D eigenvalue weighted by atomic mass is 32.1. The molecule has 3 rings (SSSR count). The minimum absolute atomic E-state index is 0.233. The number of amides is 1. The maximum atomic E-state index is 13.0. The zero-order valence-corrected chi connectivity index (χ0v) is 13.5. The van der Waals surface area contributed by atoms with Gasteiger partial charge in [0.1, 0.15) is 11.5 Å². The predicted molar refractivity (Wildman–Crippen MR) is 89.2 cm³/mol. The molecular formula is C17H14FN3OS. The van der Waals surface area contributed by atoms with Crippen molar-refractivity contribution in [1.29, 1.82) is 0 Å². The minimum Gasteiger partial charge on any atom is -0.287 e. The Morgan fingerprint density at radius 2 is 1.96 bits per heavy atom.